The number of fused-ring (bicyclic) bond motifs is 4. The van der Waals surface area contributed by atoms with E-state index < -0.39 is 8.07 Å². The van der Waals surface area contributed by atoms with Crippen LogP contribution in [0.4, 0.5) is 0 Å². The van der Waals surface area contributed by atoms with Crippen molar-refractivity contribution in [2.75, 3.05) is 26.4 Å². The van der Waals surface area contributed by atoms with Gasteiger partial charge >= 0.3 is 0 Å². The van der Waals surface area contributed by atoms with E-state index in [1.807, 2.05) is 24.3 Å². The molecule has 71 heavy (non-hydrogen) atoms. The van der Waals surface area contributed by atoms with Crippen molar-refractivity contribution in [3.63, 3.8) is 0 Å². The van der Waals surface area contributed by atoms with Crippen LogP contribution in [0.2, 0.25) is 18.1 Å². The summed E-state index contributed by atoms with van der Waals surface area (Å²) in [4.78, 5) is 10.3. The summed E-state index contributed by atoms with van der Waals surface area (Å²) in [5, 5.41) is 6.80. The molecule has 9 aromatic rings. The lowest BCUT2D eigenvalue weighted by atomic mass is 9.90. The van der Waals surface area contributed by atoms with Gasteiger partial charge in [-0.1, -0.05) is 119 Å². The third-order valence-corrected chi connectivity index (χ3v) is 19.0. The Labute approximate surface area is 420 Å². The number of rotatable bonds is 0. The number of pyridine rings is 2. The lowest BCUT2D eigenvalue weighted by Crippen LogP contribution is -2.35. The first-order chi connectivity index (χ1) is 34.6. The number of hydrogen-bond acceptors (Lipinski definition) is 6. The zero-order valence-corrected chi connectivity index (χ0v) is 42.9. The van der Waals surface area contributed by atoms with Gasteiger partial charge in [0.2, 0.25) is 0 Å². The summed E-state index contributed by atoms with van der Waals surface area (Å²) >= 11 is 0. The highest BCUT2D eigenvalue weighted by Crippen LogP contribution is 2.47. The Hall–Kier alpha value is -7.14. The molecule has 0 fully saturated rings. The first-order valence-corrected chi connectivity index (χ1v) is 28.6. The molecule has 0 unspecified atom stereocenters. The molecular formula is C64H64N2O4Si. The van der Waals surface area contributed by atoms with E-state index in [4.69, 9.17) is 28.9 Å². The summed E-state index contributed by atoms with van der Waals surface area (Å²) in [6.45, 7) is 14.2. The van der Waals surface area contributed by atoms with Crippen molar-refractivity contribution < 1.29 is 18.9 Å². The maximum Gasteiger partial charge on any atom is 0.143 e. The molecule has 3 aliphatic rings. The normalized spacial score (nSPS) is 14.5. The Morgan fingerprint density at radius 2 is 0.915 bits per heavy atom. The number of aromatic nitrogens is 2. The van der Waals surface area contributed by atoms with Gasteiger partial charge in [0.05, 0.1) is 54.4 Å². The summed E-state index contributed by atoms with van der Waals surface area (Å²) in [6, 6.07) is 53.2. The van der Waals surface area contributed by atoms with E-state index in [1.54, 1.807) is 0 Å². The van der Waals surface area contributed by atoms with Gasteiger partial charge in [-0.15, -0.1) is 5.54 Å². The van der Waals surface area contributed by atoms with Crippen LogP contribution in [-0.2, 0) is 0 Å². The molecule has 0 aliphatic carbocycles. The van der Waals surface area contributed by atoms with Crippen LogP contribution in [0, 0.1) is 11.5 Å². The lowest BCUT2D eigenvalue weighted by molar-refractivity contribution is 0.286. The SMILES string of the molecule is CC(C)(C)[Si](C)(C)C#Cc1cc2ccccc2c2c1OCCCCCCOc1ccc(cc1)-c1ccc3ccc4ccc(nc4c3n1)-c1ccc(cc1)OCCCCCCOc1ccc3ccccc3c1-2. The highest BCUT2D eigenvalue weighted by molar-refractivity contribution is 6.87. The minimum absolute atomic E-state index is 0.115. The molecule has 8 bridgehead atoms. The molecule has 5 heterocycles. The van der Waals surface area contributed by atoms with Gasteiger partial charge in [-0.2, -0.15) is 0 Å². The molecule has 2 aromatic heterocycles. The summed E-state index contributed by atoms with van der Waals surface area (Å²) in [7, 11) is -1.96. The zero-order valence-electron chi connectivity index (χ0n) is 41.9. The van der Waals surface area contributed by atoms with Crippen LogP contribution in [0.15, 0.2) is 152 Å². The summed E-state index contributed by atoms with van der Waals surface area (Å²) in [5.74, 6) is 7.16. The van der Waals surface area contributed by atoms with E-state index in [1.165, 1.54) is 0 Å². The van der Waals surface area contributed by atoms with Crippen molar-refractivity contribution in [2.45, 2.75) is 90.3 Å². The summed E-state index contributed by atoms with van der Waals surface area (Å²) < 4.78 is 26.4. The highest BCUT2D eigenvalue weighted by Gasteiger charge is 2.34. The molecule has 0 radical (unpaired) electrons. The number of hydrogen-bond donors (Lipinski definition) is 0. The maximum atomic E-state index is 7.07. The summed E-state index contributed by atoms with van der Waals surface area (Å²) in [6.07, 6.45) is 7.91. The number of ether oxygens (including phenoxy) is 4. The van der Waals surface area contributed by atoms with Gasteiger partial charge in [0.1, 0.15) is 31.1 Å². The molecule has 7 heteroatoms. The second-order valence-electron chi connectivity index (χ2n) is 20.5. The van der Waals surface area contributed by atoms with Crippen LogP contribution < -0.4 is 18.9 Å². The van der Waals surface area contributed by atoms with E-state index in [-0.39, 0.29) is 5.04 Å². The van der Waals surface area contributed by atoms with Gasteiger partial charge in [-0.25, -0.2) is 9.97 Å². The highest BCUT2D eigenvalue weighted by atomic mass is 28.3. The Bertz CT molecular complexity index is 3400. The fourth-order valence-corrected chi connectivity index (χ4v) is 10.1. The first kappa shape index (κ1) is 47.5. The van der Waals surface area contributed by atoms with Crippen molar-refractivity contribution in [1.29, 1.82) is 0 Å². The molecular weight excluding hydrogens is 889 g/mol. The van der Waals surface area contributed by atoms with Gasteiger partial charge in [-0.3, -0.25) is 0 Å². The lowest BCUT2D eigenvalue weighted by Gasteiger charge is -2.31. The van der Waals surface area contributed by atoms with Gasteiger partial charge in [0.15, 0.2) is 0 Å². The van der Waals surface area contributed by atoms with Crippen LogP contribution in [0.25, 0.3) is 77.0 Å². The van der Waals surface area contributed by atoms with E-state index in [0.717, 1.165) is 157 Å². The van der Waals surface area contributed by atoms with Crippen molar-refractivity contribution in [1.82, 2.24) is 9.97 Å². The Kier molecular flexibility index (Phi) is 14.1. The van der Waals surface area contributed by atoms with E-state index >= 15 is 0 Å². The maximum absolute atomic E-state index is 7.07. The third-order valence-electron chi connectivity index (χ3n) is 14.5. The molecule has 0 saturated heterocycles. The topological polar surface area (TPSA) is 62.7 Å². The molecule has 0 saturated carbocycles. The van der Waals surface area contributed by atoms with Crippen LogP contribution in [0.1, 0.15) is 77.7 Å². The fraction of sp³-hybridized carbons (Fsp3) is 0.281. The second kappa shape index (κ2) is 21.1. The van der Waals surface area contributed by atoms with Gasteiger partial charge < -0.3 is 18.9 Å². The largest absolute Gasteiger partial charge is 0.494 e. The van der Waals surface area contributed by atoms with Gasteiger partial charge in [-0.05, 0) is 151 Å². The molecule has 7 aromatic carbocycles. The molecule has 6 nitrogen and oxygen atoms in total. The minimum atomic E-state index is -1.96. The zero-order chi connectivity index (χ0) is 48.8. The Balaban J connectivity index is 0.948. The minimum Gasteiger partial charge on any atom is -0.494 e. The molecule has 0 N–H and O–H groups in total. The quantitative estimate of drug-likeness (QED) is 0.0857. The Morgan fingerprint density at radius 1 is 0.451 bits per heavy atom. The molecule has 0 atom stereocenters. The Morgan fingerprint density at radius 3 is 1.46 bits per heavy atom. The average Bonchev–Trinajstić information content (AvgIpc) is 3.39. The second-order valence-corrected chi connectivity index (χ2v) is 25.5. The fourth-order valence-electron chi connectivity index (χ4n) is 9.25. The van der Waals surface area contributed by atoms with Crippen molar-refractivity contribution >= 4 is 51.4 Å². The van der Waals surface area contributed by atoms with E-state index in [2.05, 4.69) is 173 Å². The first-order valence-electron chi connectivity index (χ1n) is 25.6. The van der Waals surface area contributed by atoms with Gasteiger partial charge in [0.25, 0.3) is 0 Å². The van der Waals surface area contributed by atoms with Crippen LogP contribution in [0.3, 0.4) is 0 Å². The monoisotopic (exact) mass is 952 g/mol. The van der Waals surface area contributed by atoms with Gasteiger partial charge in [0, 0.05) is 33.0 Å². The van der Waals surface area contributed by atoms with Crippen molar-refractivity contribution in [3.05, 3.63) is 157 Å². The summed E-state index contributed by atoms with van der Waals surface area (Å²) in [5.41, 5.74) is 12.5. The molecule has 0 amide bonds. The van der Waals surface area contributed by atoms with E-state index in [0.29, 0.717) is 26.4 Å². The van der Waals surface area contributed by atoms with E-state index in [9.17, 15) is 0 Å². The smallest absolute Gasteiger partial charge is 0.143 e. The van der Waals surface area contributed by atoms with Crippen molar-refractivity contribution in [3.8, 4) is 68.1 Å². The predicted octanol–water partition coefficient (Wildman–Crippen LogP) is 16.8. The molecule has 12 rings (SSSR count). The molecule has 3 aliphatic heterocycles. The van der Waals surface area contributed by atoms with Crippen LogP contribution in [-0.4, -0.2) is 44.5 Å². The van der Waals surface area contributed by atoms with Crippen LogP contribution in [0.5, 0.6) is 23.0 Å². The average molecular weight is 953 g/mol. The van der Waals surface area contributed by atoms with Crippen molar-refractivity contribution in [2.24, 2.45) is 0 Å². The number of benzene rings is 7. The molecule has 0 spiro atoms. The standard InChI is InChI=1S/C64H64N2O4Si/c1-64(2,3)71(4,5)43-38-51-44-50-19-11-13-21-55(50)60-59-54-20-12-10-18-45(54)30-37-58(59)69-41-16-8-6-14-39-67-52-31-24-46(25-32-52)56-35-28-48-22-23-49-29-36-57(66-62(49)61(48)65-56)47-26-33-53(34-27-47)68-40-15-7-9-17-42-70-63(51)60/h10-13,18-37,44H,6-9,14-17,39-42H2,1-5H3. The predicted molar refractivity (Wildman–Crippen MR) is 298 cm³/mol. The number of nitrogens with zero attached hydrogens (tertiary/aromatic N) is 2. The third kappa shape index (κ3) is 10.6. The van der Waals surface area contributed by atoms with Crippen LogP contribution >= 0.6 is 0 Å². The molecule has 358 valence electrons.